The second-order valence-corrected chi connectivity index (χ2v) is 4.20. The van der Waals surface area contributed by atoms with Crippen molar-refractivity contribution in [2.24, 2.45) is 5.73 Å². The minimum Gasteiger partial charge on any atom is -0.394 e. The zero-order chi connectivity index (χ0) is 13.1. The number of aliphatic hydroxyl groups is 1. The highest BCUT2D eigenvalue weighted by molar-refractivity contribution is 5.50. The first-order chi connectivity index (χ1) is 8.67. The Labute approximate surface area is 104 Å². The molecule has 2 rings (SSSR count). The van der Waals surface area contributed by atoms with Gasteiger partial charge in [0.05, 0.1) is 25.0 Å². The summed E-state index contributed by atoms with van der Waals surface area (Å²) in [5.74, 6) is -1.79. The van der Waals surface area contributed by atoms with Crippen LogP contribution in [0.3, 0.4) is 0 Å². The molecule has 1 aliphatic rings. The second kappa shape index (κ2) is 5.60. The number of morpholine rings is 1. The van der Waals surface area contributed by atoms with Gasteiger partial charge in [-0.3, -0.25) is 0 Å². The zero-order valence-electron chi connectivity index (χ0n) is 9.90. The minimum absolute atomic E-state index is 0.0363. The molecule has 1 aromatic rings. The van der Waals surface area contributed by atoms with Gasteiger partial charge < -0.3 is 20.5 Å². The van der Waals surface area contributed by atoms with Gasteiger partial charge in [0, 0.05) is 25.2 Å². The molecule has 1 unspecified atom stereocenters. The summed E-state index contributed by atoms with van der Waals surface area (Å²) in [6, 6.07) is 3.00. The summed E-state index contributed by atoms with van der Waals surface area (Å²) in [5.41, 5.74) is 5.66. The highest BCUT2D eigenvalue weighted by Crippen LogP contribution is 2.25. The van der Waals surface area contributed by atoms with E-state index in [1.807, 2.05) is 0 Å². The lowest BCUT2D eigenvalue weighted by Crippen LogP contribution is -2.44. The normalized spacial score (nSPS) is 20.2. The average Bonchev–Trinajstić information content (AvgIpc) is 2.42. The molecular weight excluding hydrogens is 242 g/mol. The molecule has 0 bridgehead atoms. The molecule has 1 fully saturated rings. The maximum Gasteiger partial charge on any atom is 0.182 e. The maximum absolute atomic E-state index is 13.9. The zero-order valence-corrected chi connectivity index (χ0v) is 9.90. The van der Waals surface area contributed by atoms with Crippen LogP contribution >= 0.6 is 0 Å². The molecular formula is C12H16F2N2O2. The van der Waals surface area contributed by atoms with Crippen molar-refractivity contribution >= 4 is 5.69 Å². The van der Waals surface area contributed by atoms with Crippen molar-refractivity contribution in [1.82, 2.24) is 0 Å². The van der Waals surface area contributed by atoms with E-state index in [0.717, 1.165) is 0 Å². The Morgan fingerprint density at radius 1 is 1.39 bits per heavy atom. The smallest absolute Gasteiger partial charge is 0.182 e. The molecule has 0 radical (unpaired) electrons. The lowest BCUT2D eigenvalue weighted by atomic mass is 10.1. The third kappa shape index (κ3) is 2.45. The van der Waals surface area contributed by atoms with E-state index in [9.17, 15) is 8.78 Å². The molecule has 0 aliphatic carbocycles. The Hall–Kier alpha value is -1.24. The Balaban J connectivity index is 2.25. The van der Waals surface area contributed by atoms with Gasteiger partial charge in [-0.05, 0) is 6.07 Å². The van der Waals surface area contributed by atoms with Gasteiger partial charge >= 0.3 is 0 Å². The first-order valence-corrected chi connectivity index (χ1v) is 5.81. The molecule has 1 heterocycles. The van der Waals surface area contributed by atoms with E-state index in [4.69, 9.17) is 15.6 Å². The standard InChI is InChI=1S/C12H16F2N2O2/c13-11-8(5-15)1-2-10(12(11)14)16-3-4-18-9(6-16)7-17/h1-2,9,17H,3-7,15H2. The highest BCUT2D eigenvalue weighted by atomic mass is 19.2. The van der Waals surface area contributed by atoms with Crippen LogP contribution in [0.15, 0.2) is 12.1 Å². The molecule has 1 atom stereocenters. The summed E-state index contributed by atoms with van der Waals surface area (Å²) in [6.07, 6.45) is -0.365. The minimum atomic E-state index is -0.901. The molecule has 0 saturated carbocycles. The Kier molecular flexibility index (Phi) is 4.11. The lowest BCUT2D eigenvalue weighted by molar-refractivity contribution is 0.00337. The monoisotopic (exact) mass is 258 g/mol. The molecule has 100 valence electrons. The number of halogens is 2. The van der Waals surface area contributed by atoms with Crippen LogP contribution in [0.2, 0.25) is 0 Å². The van der Waals surface area contributed by atoms with Crippen LogP contribution in [0, 0.1) is 11.6 Å². The van der Waals surface area contributed by atoms with Crippen molar-refractivity contribution < 1.29 is 18.6 Å². The van der Waals surface area contributed by atoms with Crippen LogP contribution in [-0.2, 0) is 11.3 Å². The summed E-state index contributed by atoms with van der Waals surface area (Å²) in [4.78, 5) is 1.67. The van der Waals surface area contributed by atoms with E-state index in [0.29, 0.717) is 19.7 Å². The van der Waals surface area contributed by atoms with E-state index < -0.39 is 11.6 Å². The van der Waals surface area contributed by atoms with Crippen molar-refractivity contribution in [2.75, 3.05) is 31.2 Å². The highest BCUT2D eigenvalue weighted by Gasteiger charge is 2.24. The van der Waals surface area contributed by atoms with Gasteiger partial charge in [0.15, 0.2) is 11.6 Å². The number of benzene rings is 1. The quantitative estimate of drug-likeness (QED) is 0.834. The Morgan fingerprint density at radius 3 is 2.83 bits per heavy atom. The summed E-state index contributed by atoms with van der Waals surface area (Å²) >= 11 is 0. The number of hydrogen-bond donors (Lipinski definition) is 2. The number of hydrogen-bond acceptors (Lipinski definition) is 4. The number of aliphatic hydroxyl groups excluding tert-OH is 1. The molecule has 0 amide bonds. The fourth-order valence-corrected chi connectivity index (χ4v) is 2.03. The molecule has 18 heavy (non-hydrogen) atoms. The van der Waals surface area contributed by atoms with Crippen LogP contribution in [0.4, 0.5) is 14.5 Å². The second-order valence-electron chi connectivity index (χ2n) is 4.20. The fraction of sp³-hybridized carbons (Fsp3) is 0.500. The number of anilines is 1. The molecule has 1 saturated heterocycles. The predicted molar refractivity (Wildman–Crippen MR) is 63.3 cm³/mol. The van der Waals surface area contributed by atoms with Gasteiger partial charge in [-0.2, -0.15) is 0 Å². The van der Waals surface area contributed by atoms with Crippen molar-refractivity contribution in [2.45, 2.75) is 12.6 Å². The Bertz CT molecular complexity index is 429. The summed E-state index contributed by atoms with van der Waals surface area (Å²) in [6.45, 7) is 1.02. The molecule has 1 aromatic carbocycles. The SMILES string of the molecule is NCc1ccc(N2CCOC(CO)C2)c(F)c1F. The lowest BCUT2D eigenvalue weighted by Gasteiger charge is -2.34. The van der Waals surface area contributed by atoms with Crippen LogP contribution in [0.25, 0.3) is 0 Å². The number of rotatable bonds is 3. The molecule has 0 aromatic heterocycles. The topological polar surface area (TPSA) is 58.7 Å². The van der Waals surface area contributed by atoms with Gasteiger partial charge in [-0.15, -0.1) is 0 Å². The average molecular weight is 258 g/mol. The van der Waals surface area contributed by atoms with E-state index in [2.05, 4.69) is 0 Å². The first-order valence-electron chi connectivity index (χ1n) is 5.81. The first kappa shape index (κ1) is 13.2. The number of nitrogens with zero attached hydrogens (tertiary/aromatic N) is 1. The predicted octanol–water partition coefficient (Wildman–Crippen LogP) is 0.621. The van der Waals surface area contributed by atoms with E-state index in [1.165, 1.54) is 12.1 Å². The van der Waals surface area contributed by atoms with E-state index >= 15 is 0 Å². The van der Waals surface area contributed by atoms with Gasteiger partial charge in [0.1, 0.15) is 0 Å². The largest absolute Gasteiger partial charge is 0.394 e. The van der Waals surface area contributed by atoms with Crippen LogP contribution in [0.1, 0.15) is 5.56 Å². The summed E-state index contributed by atoms with van der Waals surface area (Å²) < 4.78 is 32.8. The van der Waals surface area contributed by atoms with E-state index in [-0.39, 0.29) is 30.5 Å². The third-order valence-corrected chi connectivity index (χ3v) is 3.04. The molecule has 3 N–H and O–H groups in total. The Morgan fingerprint density at radius 2 is 2.17 bits per heavy atom. The molecule has 4 nitrogen and oxygen atoms in total. The van der Waals surface area contributed by atoms with Gasteiger partial charge in [0.25, 0.3) is 0 Å². The van der Waals surface area contributed by atoms with Crippen molar-refractivity contribution in [1.29, 1.82) is 0 Å². The van der Waals surface area contributed by atoms with Gasteiger partial charge in [-0.25, -0.2) is 8.78 Å². The van der Waals surface area contributed by atoms with Gasteiger partial charge in [-0.1, -0.05) is 6.07 Å². The summed E-state index contributed by atoms with van der Waals surface area (Å²) in [7, 11) is 0. The third-order valence-electron chi connectivity index (χ3n) is 3.04. The van der Waals surface area contributed by atoms with Crippen LogP contribution < -0.4 is 10.6 Å². The molecule has 0 spiro atoms. The van der Waals surface area contributed by atoms with Gasteiger partial charge in [0.2, 0.25) is 0 Å². The van der Waals surface area contributed by atoms with Crippen molar-refractivity contribution in [3.63, 3.8) is 0 Å². The van der Waals surface area contributed by atoms with Crippen LogP contribution in [0.5, 0.6) is 0 Å². The fourth-order valence-electron chi connectivity index (χ4n) is 2.03. The molecule has 6 heteroatoms. The number of ether oxygens (including phenoxy) is 1. The summed E-state index contributed by atoms with van der Waals surface area (Å²) in [5, 5.41) is 9.03. The van der Waals surface area contributed by atoms with E-state index in [1.54, 1.807) is 4.90 Å². The van der Waals surface area contributed by atoms with Crippen molar-refractivity contribution in [3.05, 3.63) is 29.3 Å². The molecule has 1 aliphatic heterocycles. The number of nitrogens with two attached hydrogens (primary N) is 1. The van der Waals surface area contributed by atoms with Crippen LogP contribution in [-0.4, -0.2) is 37.5 Å². The van der Waals surface area contributed by atoms with Crippen molar-refractivity contribution in [3.8, 4) is 0 Å². The maximum atomic E-state index is 13.9.